The lowest BCUT2D eigenvalue weighted by molar-refractivity contribution is -0.129. The number of pyridine rings is 1. The first-order valence-electron chi connectivity index (χ1n) is 10.8. The second-order valence-corrected chi connectivity index (χ2v) is 10.3. The first-order chi connectivity index (χ1) is 16.3. The van der Waals surface area contributed by atoms with Gasteiger partial charge in [0.25, 0.3) is 0 Å². The Bertz CT molecular complexity index is 1520. The largest absolute Gasteiger partial charge is 0.497 e. The van der Waals surface area contributed by atoms with E-state index in [4.69, 9.17) is 16.3 Å². The monoisotopic (exact) mass is 495 g/mol. The molecule has 1 fully saturated rings. The third-order valence-corrected chi connectivity index (χ3v) is 7.85. The van der Waals surface area contributed by atoms with Crippen LogP contribution in [0.3, 0.4) is 0 Å². The quantitative estimate of drug-likeness (QED) is 0.406. The van der Waals surface area contributed by atoms with E-state index in [1.165, 1.54) is 0 Å². The topological polar surface area (TPSA) is 88.6 Å². The molecule has 0 aliphatic carbocycles. The number of carbonyl (C=O) groups is 1. The Morgan fingerprint density at radius 2 is 1.85 bits per heavy atom. The van der Waals surface area contributed by atoms with Gasteiger partial charge in [0, 0.05) is 24.7 Å². The number of hydrogen-bond donors (Lipinski definition) is 1. The van der Waals surface area contributed by atoms with Gasteiger partial charge in [-0.15, -0.1) is 0 Å². The van der Waals surface area contributed by atoms with Crippen molar-refractivity contribution in [1.82, 2.24) is 14.6 Å². The molecule has 34 heavy (non-hydrogen) atoms. The molecule has 7 nitrogen and oxygen atoms in total. The predicted octanol–water partition coefficient (Wildman–Crippen LogP) is 4.13. The first kappa shape index (κ1) is 22.6. The Balaban J connectivity index is 1.32. The lowest BCUT2D eigenvalue weighted by Gasteiger charge is -2.18. The summed E-state index contributed by atoms with van der Waals surface area (Å²) in [6.07, 6.45) is 2.05. The Labute approximate surface area is 202 Å². The average Bonchev–Trinajstić information content (AvgIpc) is 3.17. The average molecular weight is 496 g/mol. The number of halogens is 1. The van der Waals surface area contributed by atoms with Crippen LogP contribution in [-0.2, 0) is 21.4 Å². The Hall–Kier alpha value is -3.20. The zero-order valence-corrected chi connectivity index (χ0v) is 19.9. The number of likely N-dealkylation sites (tertiary alicyclic amines) is 1. The number of amides is 1. The lowest BCUT2D eigenvalue weighted by atomic mass is 10.1. The van der Waals surface area contributed by atoms with E-state index in [-0.39, 0.29) is 10.8 Å². The number of sulfonamides is 1. The van der Waals surface area contributed by atoms with Crippen molar-refractivity contribution < 1.29 is 17.9 Å². The SMILES string of the molecule is COc1ccc2ccc(S(=O)(=O)N[C@H]3CCN(Cc4ccc5ccnc(Cl)c5c4)C3=O)cc2c1. The Morgan fingerprint density at radius 1 is 1.06 bits per heavy atom. The van der Waals surface area contributed by atoms with Crippen LogP contribution in [0.25, 0.3) is 21.5 Å². The van der Waals surface area contributed by atoms with Crippen molar-refractivity contribution in [2.45, 2.75) is 23.9 Å². The van der Waals surface area contributed by atoms with Gasteiger partial charge in [-0.2, -0.15) is 4.72 Å². The standard InChI is InChI=1S/C25H22ClN3O4S/c1-33-20-6-4-17-5-7-21(14-19(17)13-20)34(31,32)28-23-9-11-29(25(23)30)15-16-2-3-18-8-10-27-24(26)22(18)12-16/h2-8,10,12-14,23,28H,9,11,15H2,1H3/t23-/m0/s1. The molecule has 1 N–H and O–H groups in total. The normalized spacial score (nSPS) is 16.5. The first-order valence-corrected chi connectivity index (χ1v) is 12.6. The van der Waals surface area contributed by atoms with Crippen LogP contribution in [0, 0.1) is 0 Å². The van der Waals surface area contributed by atoms with Crippen LogP contribution >= 0.6 is 11.6 Å². The molecule has 0 radical (unpaired) electrons. The third-order valence-electron chi connectivity index (χ3n) is 6.08. The van der Waals surface area contributed by atoms with Crippen molar-refractivity contribution in [1.29, 1.82) is 0 Å². The number of methoxy groups -OCH3 is 1. The van der Waals surface area contributed by atoms with Crippen molar-refractivity contribution >= 4 is 49.1 Å². The summed E-state index contributed by atoms with van der Waals surface area (Å²) in [6.45, 7) is 0.827. The molecule has 174 valence electrons. The molecule has 0 saturated carbocycles. The molecule has 5 rings (SSSR count). The maximum Gasteiger partial charge on any atom is 0.241 e. The zero-order valence-electron chi connectivity index (χ0n) is 18.4. The Kier molecular flexibility index (Phi) is 5.89. The highest BCUT2D eigenvalue weighted by Gasteiger charge is 2.35. The molecular formula is C25H22ClN3O4S. The highest BCUT2D eigenvalue weighted by molar-refractivity contribution is 7.89. The van der Waals surface area contributed by atoms with Gasteiger partial charge in [0.2, 0.25) is 15.9 Å². The van der Waals surface area contributed by atoms with Gasteiger partial charge in [0.1, 0.15) is 16.9 Å². The van der Waals surface area contributed by atoms with E-state index in [1.54, 1.807) is 42.5 Å². The predicted molar refractivity (Wildman–Crippen MR) is 131 cm³/mol. The molecule has 2 heterocycles. The summed E-state index contributed by atoms with van der Waals surface area (Å²) >= 11 is 6.21. The molecule has 1 saturated heterocycles. The molecule has 9 heteroatoms. The maximum atomic E-state index is 13.0. The molecule has 4 aromatic rings. The minimum atomic E-state index is -3.88. The van der Waals surface area contributed by atoms with Crippen LogP contribution in [0.15, 0.2) is 71.8 Å². The highest BCUT2D eigenvalue weighted by atomic mass is 35.5. The van der Waals surface area contributed by atoms with Gasteiger partial charge in [-0.3, -0.25) is 4.79 Å². The van der Waals surface area contributed by atoms with Crippen LogP contribution in [0.4, 0.5) is 0 Å². The number of rotatable bonds is 6. The second-order valence-electron chi connectivity index (χ2n) is 8.25. The third kappa shape index (κ3) is 4.32. The second kappa shape index (κ2) is 8.87. The van der Waals surface area contributed by atoms with Gasteiger partial charge in [-0.05, 0) is 64.5 Å². The summed E-state index contributed by atoms with van der Waals surface area (Å²) in [5.41, 5.74) is 0.905. The number of ether oxygens (including phenoxy) is 1. The van der Waals surface area contributed by atoms with Gasteiger partial charge in [0.15, 0.2) is 0 Å². The Morgan fingerprint density at radius 3 is 2.68 bits per heavy atom. The molecule has 1 aromatic heterocycles. The summed E-state index contributed by atoms with van der Waals surface area (Å²) < 4.78 is 33.9. The van der Waals surface area contributed by atoms with Crippen LogP contribution in [-0.4, -0.2) is 43.9 Å². The van der Waals surface area contributed by atoms with Gasteiger partial charge in [0.05, 0.1) is 12.0 Å². The number of hydrogen-bond acceptors (Lipinski definition) is 5. The van der Waals surface area contributed by atoms with E-state index in [0.29, 0.717) is 30.4 Å². The minimum Gasteiger partial charge on any atom is -0.497 e. The van der Waals surface area contributed by atoms with E-state index in [9.17, 15) is 13.2 Å². The number of benzene rings is 3. The summed E-state index contributed by atoms with van der Waals surface area (Å²) in [6, 6.07) is 17.2. The smallest absolute Gasteiger partial charge is 0.241 e. The fourth-order valence-electron chi connectivity index (χ4n) is 4.26. The van der Waals surface area contributed by atoms with Crippen molar-refractivity contribution in [3.05, 3.63) is 77.6 Å². The van der Waals surface area contributed by atoms with E-state index in [1.807, 2.05) is 36.4 Å². The van der Waals surface area contributed by atoms with E-state index < -0.39 is 16.1 Å². The maximum absolute atomic E-state index is 13.0. The molecule has 1 aliphatic rings. The number of nitrogens with zero attached hydrogens (tertiary/aromatic N) is 2. The van der Waals surface area contributed by atoms with Crippen molar-refractivity contribution in [3.8, 4) is 5.75 Å². The van der Waals surface area contributed by atoms with Crippen LogP contribution < -0.4 is 9.46 Å². The molecule has 0 unspecified atom stereocenters. The molecular weight excluding hydrogens is 474 g/mol. The van der Waals surface area contributed by atoms with Gasteiger partial charge in [-0.25, -0.2) is 13.4 Å². The lowest BCUT2D eigenvalue weighted by Crippen LogP contribution is -2.41. The molecule has 0 bridgehead atoms. The number of aromatic nitrogens is 1. The van der Waals surface area contributed by atoms with Gasteiger partial charge in [-0.1, -0.05) is 35.9 Å². The number of carbonyl (C=O) groups excluding carboxylic acids is 1. The fourth-order valence-corrected chi connectivity index (χ4v) is 5.74. The summed E-state index contributed by atoms with van der Waals surface area (Å²) in [5, 5.41) is 3.83. The van der Waals surface area contributed by atoms with Crippen molar-refractivity contribution in [3.63, 3.8) is 0 Å². The number of fused-ring (bicyclic) bond motifs is 2. The van der Waals surface area contributed by atoms with Crippen molar-refractivity contribution in [2.24, 2.45) is 0 Å². The zero-order chi connectivity index (χ0) is 23.9. The van der Waals surface area contributed by atoms with Crippen LogP contribution in [0.1, 0.15) is 12.0 Å². The van der Waals surface area contributed by atoms with Gasteiger partial charge < -0.3 is 9.64 Å². The minimum absolute atomic E-state index is 0.108. The number of nitrogens with one attached hydrogen (secondary N) is 1. The fraction of sp³-hybridized carbons (Fsp3) is 0.200. The molecule has 1 atom stereocenters. The molecule has 3 aromatic carbocycles. The van der Waals surface area contributed by atoms with E-state index >= 15 is 0 Å². The molecule has 1 amide bonds. The molecule has 0 spiro atoms. The van der Waals surface area contributed by atoms with Gasteiger partial charge >= 0.3 is 0 Å². The van der Waals surface area contributed by atoms with Crippen LogP contribution in [0.2, 0.25) is 5.15 Å². The highest BCUT2D eigenvalue weighted by Crippen LogP contribution is 2.26. The van der Waals surface area contributed by atoms with Crippen LogP contribution in [0.5, 0.6) is 5.75 Å². The summed E-state index contributed by atoms with van der Waals surface area (Å²) in [7, 11) is -2.32. The van der Waals surface area contributed by atoms with E-state index in [2.05, 4.69) is 9.71 Å². The van der Waals surface area contributed by atoms with Crippen molar-refractivity contribution in [2.75, 3.05) is 13.7 Å². The summed E-state index contributed by atoms with van der Waals surface area (Å²) in [4.78, 5) is 18.9. The van der Waals surface area contributed by atoms with E-state index in [0.717, 1.165) is 27.1 Å². The molecule has 1 aliphatic heterocycles. The summed E-state index contributed by atoms with van der Waals surface area (Å²) in [5.74, 6) is 0.394.